The van der Waals surface area contributed by atoms with E-state index in [2.05, 4.69) is 5.32 Å². The van der Waals surface area contributed by atoms with Crippen LogP contribution in [0.2, 0.25) is 0 Å². The van der Waals surface area contributed by atoms with Crippen molar-refractivity contribution < 1.29 is 14.3 Å². The van der Waals surface area contributed by atoms with Crippen LogP contribution < -0.4 is 5.32 Å². The first-order chi connectivity index (χ1) is 7.69. The van der Waals surface area contributed by atoms with Crippen molar-refractivity contribution in [3.8, 4) is 0 Å². The molecule has 1 atom stereocenters. The Bertz CT molecular complexity index is 256. The molecule has 1 heterocycles. The summed E-state index contributed by atoms with van der Waals surface area (Å²) in [6.07, 6.45) is 2.59. The molecular weight excluding hydrogens is 208 g/mol. The highest BCUT2D eigenvalue weighted by Crippen LogP contribution is 2.17. The zero-order valence-electron chi connectivity index (χ0n) is 9.99. The molecule has 1 aliphatic rings. The molecule has 1 unspecified atom stereocenters. The van der Waals surface area contributed by atoms with Crippen LogP contribution in [0.3, 0.4) is 0 Å². The Balaban J connectivity index is 2.43. The molecule has 0 aromatic rings. The maximum absolute atomic E-state index is 11.7. The Hall–Kier alpha value is -1.26. The number of carbonyl (C=O) groups excluding carboxylic acids is 2. The molecule has 1 fully saturated rings. The summed E-state index contributed by atoms with van der Waals surface area (Å²) in [5, 5.41) is 2.81. The number of rotatable bonds is 3. The van der Waals surface area contributed by atoms with Crippen molar-refractivity contribution in [3.63, 3.8) is 0 Å². The summed E-state index contributed by atoms with van der Waals surface area (Å²) in [5.74, 6) is -0.376. The van der Waals surface area contributed by atoms with Crippen LogP contribution in [0.15, 0.2) is 0 Å². The van der Waals surface area contributed by atoms with Crippen LogP contribution >= 0.6 is 0 Å². The lowest BCUT2D eigenvalue weighted by Gasteiger charge is -2.31. The third kappa shape index (κ3) is 3.40. The van der Waals surface area contributed by atoms with Gasteiger partial charge in [-0.05, 0) is 19.3 Å². The topological polar surface area (TPSA) is 58.6 Å². The quantitative estimate of drug-likeness (QED) is 0.733. The number of methoxy groups -OCH3 is 1. The Labute approximate surface area is 96.1 Å². The van der Waals surface area contributed by atoms with E-state index in [1.54, 1.807) is 4.90 Å². The number of urea groups is 1. The summed E-state index contributed by atoms with van der Waals surface area (Å²) in [4.78, 5) is 24.7. The lowest BCUT2D eigenvalue weighted by Crippen LogP contribution is -2.47. The second-order valence-electron chi connectivity index (χ2n) is 4.04. The average molecular weight is 228 g/mol. The monoisotopic (exact) mass is 228 g/mol. The van der Waals surface area contributed by atoms with Gasteiger partial charge in [-0.2, -0.15) is 0 Å². The van der Waals surface area contributed by atoms with Gasteiger partial charge in [0.15, 0.2) is 0 Å². The van der Waals surface area contributed by atoms with Gasteiger partial charge in [-0.1, -0.05) is 6.92 Å². The molecule has 2 amide bonds. The number of amides is 2. The van der Waals surface area contributed by atoms with Gasteiger partial charge in [-0.15, -0.1) is 0 Å². The maximum atomic E-state index is 11.7. The molecule has 0 bridgehead atoms. The van der Waals surface area contributed by atoms with E-state index in [0.717, 1.165) is 25.8 Å². The fraction of sp³-hybridized carbons (Fsp3) is 0.818. The van der Waals surface area contributed by atoms with E-state index in [0.29, 0.717) is 13.1 Å². The molecule has 0 aliphatic carbocycles. The van der Waals surface area contributed by atoms with E-state index in [1.165, 1.54) is 7.11 Å². The van der Waals surface area contributed by atoms with Gasteiger partial charge >= 0.3 is 12.0 Å². The Morgan fingerprint density at radius 2 is 2.25 bits per heavy atom. The van der Waals surface area contributed by atoms with E-state index >= 15 is 0 Å². The van der Waals surface area contributed by atoms with Crippen molar-refractivity contribution >= 4 is 12.0 Å². The molecule has 0 saturated carbocycles. The van der Waals surface area contributed by atoms with Crippen molar-refractivity contribution in [2.75, 3.05) is 26.7 Å². The standard InChI is InChI=1S/C11H20N2O3/c1-3-6-12-11(15)13-7-4-5-9(8-13)10(14)16-2/h9H,3-8H2,1-2H3,(H,12,15). The molecule has 92 valence electrons. The molecule has 0 spiro atoms. The minimum Gasteiger partial charge on any atom is -0.469 e. The molecular formula is C11H20N2O3. The van der Waals surface area contributed by atoms with Crippen molar-refractivity contribution in [3.05, 3.63) is 0 Å². The predicted octanol–water partition coefficient (Wildman–Crippen LogP) is 0.991. The molecule has 1 rings (SSSR count). The zero-order valence-corrected chi connectivity index (χ0v) is 9.99. The third-order valence-electron chi connectivity index (χ3n) is 2.77. The van der Waals surface area contributed by atoms with Crippen LogP contribution in [-0.2, 0) is 9.53 Å². The number of nitrogens with zero attached hydrogens (tertiary/aromatic N) is 1. The van der Waals surface area contributed by atoms with Crippen LogP contribution in [0.5, 0.6) is 0 Å². The smallest absolute Gasteiger partial charge is 0.317 e. The van der Waals surface area contributed by atoms with Gasteiger partial charge in [0.25, 0.3) is 0 Å². The molecule has 0 aromatic heterocycles. The van der Waals surface area contributed by atoms with Crippen molar-refractivity contribution in [2.45, 2.75) is 26.2 Å². The van der Waals surface area contributed by atoms with E-state index in [-0.39, 0.29) is 17.9 Å². The second-order valence-corrected chi connectivity index (χ2v) is 4.04. The number of piperidine rings is 1. The molecule has 1 N–H and O–H groups in total. The van der Waals surface area contributed by atoms with Gasteiger partial charge in [0.05, 0.1) is 13.0 Å². The molecule has 1 saturated heterocycles. The fourth-order valence-corrected chi connectivity index (χ4v) is 1.86. The summed E-state index contributed by atoms with van der Waals surface area (Å²) >= 11 is 0. The summed E-state index contributed by atoms with van der Waals surface area (Å²) in [7, 11) is 1.39. The Morgan fingerprint density at radius 3 is 2.88 bits per heavy atom. The fourth-order valence-electron chi connectivity index (χ4n) is 1.86. The largest absolute Gasteiger partial charge is 0.469 e. The van der Waals surface area contributed by atoms with Crippen molar-refractivity contribution in [2.24, 2.45) is 5.92 Å². The number of hydrogen-bond acceptors (Lipinski definition) is 3. The van der Waals surface area contributed by atoms with Gasteiger partial charge in [0, 0.05) is 19.6 Å². The normalized spacial score (nSPS) is 20.4. The number of esters is 1. The maximum Gasteiger partial charge on any atom is 0.317 e. The van der Waals surface area contributed by atoms with Crippen molar-refractivity contribution in [1.29, 1.82) is 0 Å². The number of carbonyl (C=O) groups is 2. The first-order valence-corrected chi connectivity index (χ1v) is 5.79. The highest BCUT2D eigenvalue weighted by molar-refractivity contribution is 5.77. The first-order valence-electron chi connectivity index (χ1n) is 5.79. The highest BCUT2D eigenvalue weighted by Gasteiger charge is 2.28. The molecule has 16 heavy (non-hydrogen) atoms. The van der Waals surface area contributed by atoms with E-state index < -0.39 is 0 Å². The lowest BCUT2D eigenvalue weighted by atomic mass is 9.98. The zero-order chi connectivity index (χ0) is 12.0. The van der Waals surface area contributed by atoms with Gasteiger partial charge in [-0.3, -0.25) is 4.79 Å². The second kappa shape index (κ2) is 6.35. The third-order valence-corrected chi connectivity index (χ3v) is 2.77. The van der Waals surface area contributed by atoms with E-state index in [9.17, 15) is 9.59 Å². The van der Waals surface area contributed by atoms with Crippen molar-refractivity contribution in [1.82, 2.24) is 10.2 Å². The Morgan fingerprint density at radius 1 is 1.50 bits per heavy atom. The molecule has 0 aromatic carbocycles. The summed E-state index contributed by atoms with van der Waals surface area (Å²) in [6.45, 7) is 3.89. The lowest BCUT2D eigenvalue weighted by molar-refractivity contribution is -0.146. The van der Waals surface area contributed by atoms with Gasteiger partial charge in [0.2, 0.25) is 0 Å². The predicted molar refractivity (Wildman–Crippen MR) is 60.0 cm³/mol. The summed E-state index contributed by atoms with van der Waals surface area (Å²) < 4.78 is 4.70. The molecule has 1 aliphatic heterocycles. The number of hydrogen-bond donors (Lipinski definition) is 1. The number of ether oxygens (including phenoxy) is 1. The van der Waals surface area contributed by atoms with Gasteiger partial charge < -0.3 is 15.0 Å². The first kappa shape index (κ1) is 12.8. The van der Waals surface area contributed by atoms with E-state index in [1.807, 2.05) is 6.92 Å². The average Bonchev–Trinajstić information content (AvgIpc) is 2.35. The summed E-state index contributed by atoms with van der Waals surface area (Å²) in [5.41, 5.74) is 0. The SMILES string of the molecule is CCCNC(=O)N1CCCC(C(=O)OC)C1. The van der Waals surface area contributed by atoms with Crippen LogP contribution in [0.4, 0.5) is 4.79 Å². The number of likely N-dealkylation sites (tertiary alicyclic amines) is 1. The number of nitrogens with one attached hydrogen (secondary N) is 1. The van der Waals surface area contributed by atoms with Crippen LogP contribution in [-0.4, -0.2) is 43.6 Å². The highest BCUT2D eigenvalue weighted by atomic mass is 16.5. The Kier molecular flexibility index (Phi) is 5.08. The minimum atomic E-state index is -0.215. The summed E-state index contributed by atoms with van der Waals surface area (Å²) in [6, 6.07) is -0.0737. The van der Waals surface area contributed by atoms with Crippen LogP contribution in [0, 0.1) is 5.92 Å². The van der Waals surface area contributed by atoms with Gasteiger partial charge in [0.1, 0.15) is 0 Å². The molecule has 5 nitrogen and oxygen atoms in total. The van der Waals surface area contributed by atoms with Crippen LogP contribution in [0.25, 0.3) is 0 Å². The minimum absolute atomic E-state index is 0.0737. The van der Waals surface area contributed by atoms with Gasteiger partial charge in [-0.25, -0.2) is 4.79 Å². The molecule has 5 heteroatoms. The van der Waals surface area contributed by atoms with Crippen LogP contribution in [0.1, 0.15) is 26.2 Å². The molecule has 0 radical (unpaired) electrons. The van der Waals surface area contributed by atoms with E-state index in [4.69, 9.17) is 4.74 Å².